The third kappa shape index (κ3) is 5.42. The van der Waals surface area contributed by atoms with Gasteiger partial charge in [-0.3, -0.25) is 14.2 Å². The van der Waals surface area contributed by atoms with E-state index in [1.54, 1.807) is 13.2 Å². The van der Waals surface area contributed by atoms with Gasteiger partial charge in [0.15, 0.2) is 5.57 Å². The number of hydrogen-bond acceptors (Lipinski definition) is 7. The monoisotopic (exact) mass is 433 g/mol. The molecule has 0 saturated carbocycles. The number of thiazole rings is 1. The lowest BCUT2D eigenvalue weighted by molar-refractivity contribution is -0.116. The highest BCUT2D eigenvalue weighted by atomic mass is 32.1. The summed E-state index contributed by atoms with van der Waals surface area (Å²) in [5.74, 6) is -0.479. The van der Waals surface area contributed by atoms with E-state index in [0.717, 1.165) is 17.7 Å². The molecule has 154 valence electrons. The summed E-state index contributed by atoms with van der Waals surface area (Å²) in [7, 11) is 1.60. The van der Waals surface area contributed by atoms with Crippen LogP contribution in [0.2, 0.25) is 0 Å². The number of methoxy groups -OCH3 is 1. The Hall–Kier alpha value is -2.25. The fraction of sp³-hybridized carbons (Fsp3) is 0.450. The summed E-state index contributed by atoms with van der Waals surface area (Å²) in [6.07, 6.45) is 4.25. The molecule has 0 radical (unpaired) electrons. The van der Waals surface area contributed by atoms with Crippen molar-refractivity contribution in [1.82, 2.24) is 9.88 Å². The van der Waals surface area contributed by atoms with Crippen LogP contribution in [-0.2, 0) is 20.8 Å². The SMILES string of the molecule is COCCCn1c(=O)/c(=C/c2cccs2)s/c1=C(\C#N)C(=O)NCC1CCCO1. The van der Waals surface area contributed by atoms with E-state index >= 15 is 0 Å². The van der Waals surface area contributed by atoms with Crippen molar-refractivity contribution < 1.29 is 14.3 Å². The second kappa shape index (κ2) is 10.5. The molecule has 0 bridgehead atoms. The van der Waals surface area contributed by atoms with Crippen LogP contribution in [0.1, 0.15) is 24.1 Å². The Kier molecular flexibility index (Phi) is 7.77. The van der Waals surface area contributed by atoms with Crippen molar-refractivity contribution in [3.8, 4) is 6.07 Å². The van der Waals surface area contributed by atoms with E-state index in [1.165, 1.54) is 27.2 Å². The summed E-state index contributed by atoms with van der Waals surface area (Å²) in [6, 6.07) is 5.82. The Labute approximate surface area is 176 Å². The predicted molar refractivity (Wildman–Crippen MR) is 113 cm³/mol. The molecule has 2 aromatic heterocycles. The molecule has 1 aliphatic heterocycles. The molecule has 0 aliphatic carbocycles. The summed E-state index contributed by atoms with van der Waals surface area (Å²) in [5, 5.41) is 14.4. The van der Waals surface area contributed by atoms with E-state index in [9.17, 15) is 14.9 Å². The molecule has 1 fully saturated rings. The molecule has 0 aromatic carbocycles. The molecule has 3 rings (SSSR count). The number of hydrogen-bond donors (Lipinski definition) is 1. The van der Waals surface area contributed by atoms with Crippen LogP contribution < -0.4 is 20.1 Å². The molecule has 0 spiro atoms. The lowest BCUT2D eigenvalue weighted by Crippen LogP contribution is -2.37. The molecule has 29 heavy (non-hydrogen) atoms. The van der Waals surface area contributed by atoms with E-state index in [-0.39, 0.29) is 17.2 Å². The summed E-state index contributed by atoms with van der Waals surface area (Å²) >= 11 is 2.69. The first-order valence-corrected chi connectivity index (χ1v) is 11.1. The van der Waals surface area contributed by atoms with E-state index < -0.39 is 5.91 Å². The highest BCUT2D eigenvalue weighted by molar-refractivity contribution is 7.11. The number of nitrogens with zero attached hydrogens (tertiary/aromatic N) is 2. The minimum atomic E-state index is -0.479. The molecule has 1 amide bonds. The summed E-state index contributed by atoms with van der Waals surface area (Å²) in [5.41, 5.74) is -0.248. The lowest BCUT2D eigenvalue weighted by Gasteiger charge is -2.10. The minimum Gasteiger partial charge on any atom is -0.385 e. The van der Waals surface area contributed by atoms with Crippen LogP contribution in [0.3, 0.4) is 0 Å². The van der Waals surface area contributed by atoms with E-state index in [0.29, 0.717) is 41.9 Å². The number of carbonyl (C=O) groups is 1. The van der Waals surface area contributed by atoms with Crippen molar-refractivity contribution in [3.05, 3.63) is 41.9 Å². The number of nitriles is 1. The molecule has 3 heterocycles. The Morgan fingerprint density at radius 1 is 1.55 bits per heavy atom. The molecular formula is C20H23N3O4S2. The smallest absolute Gasteiger partial charge is 0.269 e. The molecule has 2 aromatic rings. The van der Waals surface area contributed by atoms with Crippen LogP contribution in [0.5, 0.6) is 0 Å². The minimum absolute atomic E-state index is 0.0196. The van der Waals surface area contributed by atoms with Crippen LogP contribution in [0.4, 0.5) is 0 Å². The largest absolute Gasteiger partial charge is 0.385 e. The Balaban J connectivity index is 1.99. The predicted octanol–water partition coefficient (Wildman–Crippen LogP) is 0.806. The van der Waals surface area contributed by atoms with Gasteiger partial charge in [-0.05, 0) is 36.8 Å². The fourth-order valence-corrected chi connectivity index (χ4v) is 4.92. The zero-order valence-corrected chi connectivity index (χ0v) is 17.8. The Bertz CT molecular complexity index is 1040. The van der Waals surface area contributed by atoms with Crippen LogP contribution in [-0.4, -0.2) is 43.4 Å². The van der Waals surface area contributed by atoms with Gasteiger partial charge in [-0.15, -0.1) is 22.7 Å². The number of ether oxygens (including phenoxy) is 2. The van der Waals surface area contributed by atoms with Gasteiger partial charge in [0.2, 0.25) is 0 Å². The Morgan fingerprint density at radius 2 is 2.41 bits per heavy atom. The molecule has 1 N–H and O–H groups in total. The van der Waals surface area contributed by atoms with Gasteiger partial charge in [0.05, 0.1) is 10.6 Å². The number of rotatable bonds is 8. The summed E-state index contributed by atoms with van der Waals surface area (Å²) in [4.78, 5) is 26.6. The highest BCUT2D eigenvalue weighted by Crippen LogP contribution is 2.11. The van der Waals surface area contributed by atoms with Crippen LogP contribution >= 0.6 is 22.7 Å². The highest BCUT2D eigenvalue weighted by Gasteiger charge is 2.20. The first kappa shape index (κ1) is 21.5. The molecule has 1 atom stereocenters. The van der Waals surface area contributed by atoms with Gasteiger partial charge in [-0.2, -0.15) is 5.26 Å². The number of nitrogens with one attached hydrogen (secondary N) is 1. The molecule has 9 heteroatoms. The van der Waals surface area contributed by atoms with Crippen molar-refractivity contribution in [2.45, 2.75) is 31.9 Å². The van der Waals surface area contributed by atoms with E-state index in [1.807, 2.05) is 23.6 Å². The third-order valence-electron chi connectivity index (χ3n) is 4.52. The van der Waals surface area contributed by atoms with Gasteiger partial charge < -0.3 is 14.8 Å². The van der Waals surface area contributed by atoms with E-state index in [4.69, 9.17) is 9.47 Å². The molecule has 1 unspecified atom stereocenters. The number of thiophene rings is 1. The van der Waals surface area contributed by atoms with Crippen LogP contribution in [0.15, 0.2) is 22.3 Å². The van der Waals surface area contributed by atoms with Crippen molar-refractivity contribution in [2.75, 3.05) is 26.9 Å². The topological polar surface area (TPSA) is 93.4 Å². The maximum absolute atomic E-state index is 13.0. The molecule has 7 nitrogen and oxygen atoms in total. The van der Waals surface area contributed by atoms with E-state index in [2.05, 4.69) is 5.32 Å². The van der Waals surface area contributed by atoms with Crippen molar-refractivity contribution in [2.24, 2.45) is 0 Å². The van der Waals surface area contributed by atoms with Crippen LogP contribution in [0, 0.1) is 11.3 Å². The molecular weight excluding hydrogens is 410 g/mol. The summed E-state index contributed by atoms with van der Waals surface area (Å²) in [6.45, 7) is 1.92. The van der Waals surface area contributed by atoms with Crippen molar-refractivity contribution >= 4 is 40.2 Å². The van der Waals surface area contributed by atoms with Gasteiger partial charge in [0.1, 0.15) is 10.7 Å². The quantitative estimate of drug-likeness (QED) is 0.622. The molecule has 1 saturated heterocycles. The number of carbonyl (C=O) groups excluding carboxylic acids is 1. The number of amides is 1. The number of aromatic nitrogens is 1. The second-order valence-corrected chi connectivity index (χ2v) is 8.58. The normalized spacial score (nSPS) is 17.9. The standard InChI is InChI=1S/C20H23N3O4S2/c1-26-8-4-7-23-19(25)17(11-15-6-3-10-28-15)29-20(23)16(12-21)18(24)22-13-14-5-2-9-27-14/h3,6,10-11,14H,2,4-5,7-9,13H2,1H3,(H,22,24)/b17-11-,20-16+. The molecule has 1 aliphatic rings. The average molecular weight is 434 g/mol. The first-order valence-electron chi connectivity index (χ1n) is 9.42. The van der Waals surface area contributed by atoms with Crippen LogP contribution in [0.25, 0.3) is 11.6 Å². The fourth-order valence-electron chi connectivity index (χ4n) is 3.07. The zero-order chi connectivity index (χ0) is 20.6. The maximum Gasteiger partial charge on any atom is 0.269 e. The first-order chi connectivity index (χ1) is 14.1. The second-order valence-electron chi connectivity index (χ2n) is 6.57. The summed E-state index contributed by atoms with van der Waals surface area (Å²) < 4.78 is 13.0. The third-order valence-corrected chi connectivity index (χ3v) is 6.47. The van der Waals surface area contributed by atoms with Gasteiger partial charge in [-0.1, -0.05) is 6.07 Å². The van der Waals surface area contributed by atoms with Crippen molar-refractivity contribution in [1.29, 1.82) is 5.26 Å². The zero-order valence-electron chi connectivity index (χ0n) is 16.2. The van der Waals surface area contributed by atoms with Gasteiger partial charge >= 0.3 is 0 Å². The Morgan fingerprint density at radius 3 is 3.07 bits per heavy atom. The lowest BCUT2D eigenvalue weighted by atomic mass is 10.2. The van der Waals surface area contributed by atoms with Gasteiger partial charge in [0, 0.05) is 38.3 Å². The van der Waals surface area contributed by atoms with Crippen molar-refractivity contribution in [3.63, 3.8) is 0 Å². The average Bonchev–Trinajstić information content (AvgIpc) is 3.46. The van der Waals surface area contributed by atoms with Gasteiger partial charge in [0.25, 0.3) is 11.5 Å². The van der Waals surface area contributed by atoms with Gasteiger partial charge in [-0.25, -0.2) is 0 Å². The maximum atomic E-state index is 13.0.